The zero-order valence-corrected chi connectivity index (χ0v) is 12.2. The summed E-state index contributed by atoms with van der Waals surface area (Å²) in [6, 6.07) is 4.35. The van der Waals surface area contributed by atoms with Crippen molar-refractivity contribution in [1.29, 1.82) is 0 Å². The molecule has 0 radical (unpaired) electrons. The second kappa shape index (κ2) is 5.39. The third-order valence-corrected chi connectivity index (χ3v) is 3.16. The number of benzene rings is 1. The molecule has 6 heteroatoms. The number of halogens is 2. The topological polar surface area (TPSA) is 40.6 Å². The highest BCUT2D eigenvalue weighted by molar-refractivity contribution is 6.35. The molecule has 0 unspecified atom stereocenters. The quantitative estimate of drug-likeness (QED) is 0.803. The van der Waals surface area contributed by atoms with Crippen molar-refractivity contribution in [3.63, 3.8) is 0 Å². The van der Waals surface area contributed by atoms with E-state index in [1.807, 2.05) is 13.8 Å². The van der Waals surface area contributed by atoms with Gasteiger partial charge in [0, 0.05) is 16.6 Å². The van der Waals surface area contributed by atoms with Crippen LogP contribution in [0.5, 0.6) is 0 Å². The van der Waals surface area contributed by atoms with Gasteiger partial charge in [-0.2, -0.15) is 0 Å². The molecule has 1 aliphatic heterocycles. The van der Waals surface area contributed by atoms with Gasteiger partial charge in [0.1, 0.15) is 6.54 Å². The number of imide groups is 1. The zero-order valence-electron chi connectivity index (χ0n) is 10.7. The fourth-order valence-corrected chi connectivity index (χ4v) is 2.57. The summed E-state index contributed by atoms with van der Waals surface area (Å²) in [6.45, 7) is 4.64. The van der Waals surface area contributed by atoms with Crippen molar-refractivity contribution in [1.82, 2.24) is 4.90 Å². The number of nitrogens with zero attached hydrogens (tertiary/aromatic N) is 2. The minimum Gasteiger partial charge on any atom is -0.314 e. The molecule has 2 rings (SSSR count). The first kappa shape index (κ1) is 14.2. The molecule has 0 saturated carbocycles. The molecule has 1 aliphatic rings. The maximum absolute atomic E-state index is 12.2. The first-order valence-electron chi connectivity index (χ1n) is 5.96. The summed E-state index contributed by atoms with van der Waals surface area (Å²) in [7, 11) is 0. The Morgan fingerprint density at radius 1 is 1.16 bits per heavy atom. The normalized spacial score (nSPS) is 15.8. The van der Waals surface area contributed by atoms with Crippen molar-refractivity contribution in [3.8, 4) is 0 Å². The van der Waals surface area contributed by atoms with E-state index in [4.69, 9.17) is 23.2 Å². The van der Waals surface area contributed by atoms with E-state index in [0.29, 0.717) is 28.2 Å². The highest BCUT2D eigenvalue weighted by atomic mass is 35.5. The molecule has 0 atom stereocenters. The summed E-state index contributed by atoms with van der Waals surface area (Å²) in [6.07, 6.45) is 0. The lowest BCUT2D eigenvalue weighted by atomic mass is 10.2. The highest BCUT2D eigenvalue weighted by Gasteiger charge is 2.37. The minimum atomic E-state index is -0.322. The second-order valence-corrected chi connectivity index (χ2v) is 5.79. The number of hydrogen-bond donors (Lipinski definition) is 0. The third-order valence-electron chi connectivity index (χ3n) is 2.73. The molecule has 1 aromatic carbocycles. The van der Waals surface area contributed by atoms with Crippen LogP contribution in [0, 0.1) is 5.92 Å². The minimum absolute atomic E-state index is 0.0984. The Bertz CT molecular complexity index is 511. The van der Waals surface area contributed by atoms with Crippen molar-refractivity contribution in [2.24, 2.45) is 5.92 Å². The molecular weight excluding hydrogens is 287 g/mol. The average Bonchev–Trinajstić information content (AvgIpc) is 2.51. The lowest BCUT2D eigenvalue weighted by molar-refractivity contribution is -0.116. The monoisotopic (exact) mass is 300 g/mol. The van der Waals surface area contributed by atoms with E-state index >= 15 is 0 Å². The summed E-state index contributed by atoms with van der Waals surface area (Å²) in [4.78, 5) is 26.9. The fraction of sp³-hybridized carbons (Fsp3) is 0.385. The molecule has 0 bridgehead atoms. The zero-order chi connectivity index (χ0) is 14.2. The number of anilines is 1. The number of carbonyl (C=O) groups excluding carboxylic acids is 2. The summed E-state index contributed by atoms with van der Waals surface area (Å²) in [5.74, 6) is 0.0450. The number of hydrogen-bond acceptors (Lipinski definition) is 2. The van der Waals surface area contributed by atoms with Gasteiger partial charge in [-0.25, -0.2) is 9.69 Å². The Morgan fingerprint density at radius 2 is 1.74 bits per heavy atom. The molecule has 0 aromatic heterocycles. The summed E-state index contributed by atoms with van der Waals surface area (Å²) < 4.78 is 0. The molecular formula is C13H14Cl2N2O2. The predicted octanol–water partition coefficient (Wildman–Crippen LogP) is 3.42. The molecule has 1 aromatic rings. The van der Waals surface area contributed by atoms with E-state index in [1.165, 1.54) is 4.90 Å². The van der Waals surface area contributed by atoms with Crippen LogP contribution in [0.3, 0.4) is 0 Å². The number of amides is 3. The van der Waals surface area contributed by atoms with Crippen LogP contribution in [-0.4, -0.2) is 29.9 Å². The van der Waals surface area contributed by atoms with Crippen LogP contribution in [0.2, 0.25) is 10.0 Å². The van der Waals surface area contributed by atoms with Gasteiger partial charge < -0.3 is 4.90 Å². The molecule has 0 aliphatic carbocycles. The van der Waals surface area contributed by atoms with Gasteiger partial charge in [0.2, 0.25) is 0 Å². The lowest BCUT2D eigenvalue weighted by Gasteiger charge is -2.19. The first-order valence-corrected chi connectivity index (χ1v) is 6.72. The van der Waals surface area contributed by atoms with E-state index in [1.54, 1.807) is 18.2 Å². The van der Waals surface area contributed by atoms with Gasteiger partial charge in [-0.3, -0.25) is 4.79 Å². The van der Waals surface area contributed by atoms with E-state index < -0.39 is 0 Å². The molecule has 102 valence electrons. The van der Waals surface area contributed by atoms with Crippen molar-refractivity contribution in [2.45, 2.75) is 13.8 Å². The second-order valence-electron chi connectivity index (χ2n) is 4.91. The van der Waals surface area contributed by atoms with E-state index in [0.717, 1.165) is 4.90 Å². The number of carbonyl (C=O) groups is 2. The van der Waals surface area contributed by atoms with Crippen LogP contribution in [0.15, 0.2) is 18.2 Å². The van der Waals surface area contributed by atoms with Crippen molar-refractivity contribution >= 4 is 40.8 Å². The molecule has 0 spiro atoms. The van der Waals surface area contributed by atoms with Gasteiger partial charge in [0.25, 0.3) is 5.91 Å². The van der Waals surface area contributed by atoms with Crippen molar-refractivity contribution in [2.75, 3.05) is 18.0 Å². The maximum Gasteiger partial charge on any atom is 0.331 e. The molecule has 0 N–H and O–H groups in total. The molecule has 1 saturated heterocycles. The third kappa shape index (κ3) is 3.01. The van der Waals surface area contributed by atoms with Gasteiger partial charge in [-0.15, -0.1) is 0 Å². The average molecular weight is 301 g/mol. The molecule has 1 fully saturated rings. The Morgan fingerprint density at radius 3 is 2.26 bits per heavy atom. The SMILES string of the molecule is CC(C)CN1CC(=O)N(c2cc(Cl)cc(Cl)c2)C1=O. The summed E-state index contributed by atoms with van der Waals surface area (Å²) >= 11 is 11.8. The largest absolute Gasteiger partial charge is 0.331 e. The van der Waals surface area contributed by atoms with Gasteiger partial charge >= 0.3 is 6.03 Å². The summed E-state index contributed by atoms with van der Waals surface area (Å²) in [5, 5.41) is 0.788. The van der Waals surface area contributed by atoms with Gasteiger partial charge in [0.15, 0.2) is 0 Å². The van der Waals surface area contributed by atoms with Crippen LogP contribution in [0.1, 0.15) is 13.8 Å². The van der Waals surface area contributed by atoms with Gasteiger partial charge in [-0.05, 0) is 24.1 Å². The van der Waals surface area contributed by atoms with Crippen molar-refractivity contribution in [3.05, 3.63) is 28.2 Å². The Hall–Kier alpha value is -1.26. The van der Waals surface area contributed by atoms with E-state index in [-0.39, 0.29) is 18.5 Å². The van der Waals surface area contributed by atoms with E-state index in [2.05, 4.69) is 0 Å². The smallest absolute Gasteiger partial charge is 0.314 e. The number of rotatable bonds is 3. The first-order chi connectivity index (χ1) is 8.88. The Kier molecular flexibility index (Phi) is 4.02. The predicted molar refractivity (Wildman–Crippen MR) is 75.8 cm³/mol. The van der Waals surface area contributed by atoms with E-state index in [9.17, 15) is 9.59 Å². The van der Waals surface area contributed by atoms with Crippen LogP contribution in [0.25, 0.3) is 0 Å². The summed E-state index contributed by atoms with van der Waals surface area (Å²) in [5.41, 5.74) is 0.416. The highest BCUT2D eigenvalue weighted by Crippen LogP contribution is 2.28. The molecule has 19 heavy (non-hydrogen) atoms. The maximum atomic E-state index is 12.2. The van der Waals surface area contributed by atoms with Crippen molar-refractivity contribution < 1.29 is 9.59 Å². The van der Waals surface area contributed by atoms with Crippen LogP contribution < -0.4 is 4.90 Å². The van der Waals surface area contributed by atoms with Gasteiger partial charge in [-0.1, -0.05) is 37.0 Å². The molecule has 4 nitrogen and oxygen atoms in total. The molecule has 3 amide bonds. The number of urea groups is 1. The standard InChI is InChI=1S/C13H14Cl2N2O2/c1-8(2)6-16-7-12(18)17(13(16)19)11-4-9(14)3-10(15)5-11/h3-5,8H,6-7H2,1-2H3. The van der Waals surface area contributed by atoms with Crippen LogP contribution >= 0.6 is 23.2 Å². The molecule has 1 heterocycles. The Balaban J connectivity index is 2.29. The van der Waals surface area contributed by atoms with Crippen LogP contribution in [0.4, 0.5) is 10.5 Å². The Labute approximate surface area is 121 Å². The van der Waals surface area contributed by atoms with Gasteiger partial charge in [0.05, 0.1) is 5.69 Å². The lowest BCUT2D eigenvalue weighted by Crippen LogP contribution is -2.34. The fourth-order valence-electron chi connectivity index (χ4n) is 2.06. The van der Waals surface area contributed by atoms with Crippen LogP contribution in [-0.2, 0) is 4.79 Å².